The Bertz CT molecular complexity index is 432. The summed E-state index contributed by atoms with van der Waals surface area (Å²) in [6.45, 7) is 3.88. The van der Waals surface area contributed by atoms with Crippen LogP contribution in [0.15, 0.2) is 18.2 Å². The van der Waals surface area contributed by atoms with E-state index >= 15 is 0 Å². The van der Waals surface area contributed by atoms with Crippen molar-refractivity contribution in [2.24, 2.45) is 5.92 Å². The summed E-state index contributed by atoms with van der Waals surface area (Å²) < 4.78 is 11.6. The van der Waals surface area contributed by atoms with Gasteiger partial charge in [-0.1, -0.05) is 18.1 Å². The van der Waals surface area contributed by atoms with Crippen LogP contribution < -0.4 is 10.1 Å². The number of aryl methyl sites for hydroxylation is 1. The number of nitrogens with one attached hydrogen (secondary N) is 1. The second-order valence-electron chi connectivity index (χ2n) is 5.77. The molecule has 0 amide bonds. The predicted molar refractivity (Wildman–Crippen MR) is 75.6 cm³/mol. The number of ether oxygens (including phenoxy) is 2. The summed E-state index contributed by atoms with van der Waals surface area (Å²) in [5.74, 6) is 1.63. The van der Waals surface area contributed by atoms with Gasteiger partial charge in [-0.2, -0.15) is 0 Å². The highest BCUT2D eigenvalue weighted by Gasteiger charge is 2.32. The van der Waals surface area contributed by atoms with Crippen molar-refractivity contribution in [2.75, 3.05) is 20.3 Å². The van der Waals surface area contributed by atoms with Crippen molar-refractivity contribution in [1.82, 2.24) is 5.32 Å². The van der Waals surface area contributed by atoms with Gasteiger partial charge < -0.3 is 14.8 Å². The van der Waals surface area contributed by atoms with E-state index in [-0.39, 0.29) is 6.10 Å². The van der Waals surface area contributed by atoms with Crippen LogP contribution in [0.5, 0.6) is 5.75 Å². The van der Waals surface area contributed by atoms with Gasteiger partial charge in [-0.25, -0.2) is 0 Å². The Morgan fingerprint density at radius 1 is 1.32 bits per heavy atom. The van der Waals surface area contributed by atoms with Gasteiger partial charge in [0.2, 0.25) is 0 Å². The van der Waals surface area contributed by atoms with E-state index in [0.717, 1.165) is 18.9 Å². The van der Waals surface area contributed by atoms with Crippen LogP contribution in [0, 0.1) is 12.8 Å². The lowest BCUT2D eigenvalue weighted by Gasteiger charge is -2.19. The van der Waals surface area contributed by atoms with Gasteiger partial charge in [-0.05, 0) is 37.8 Å². The molecule has 1 aliphatic carbocycles. The van der Waals surface area contributed by atoms with Crippen LogP contribution in [0.1, 0.15) is 36.5 Å². The molecule has 1 N–H and O–H groups in total. The summed E-state index contributed by atoms with van der Waals surface area (Å²) in [7, 11) is 1.73. The van der Waals surface area contributed by atoms with E-state index in [1.807, 2.05) is 6.07 Å². The maximum atomic E-state index is 6.16. The molecule has 2 aliphatic rings. The molecule has 2 fully saturated rings. The SMILES string of the molecule is COc1ccc(C)cc1C1CNC2CCCC2CO1. The molecule has 3 atom stereocenters. The molecule has 1 heterocycles. The van der Waals surface area contributed by atoms with Crippen LogP contribution in [0.2, 0.25) is 0 Å². The fraction of sp³-hybridized carbons (Fsp3) is 0.625. The van der Waals surface area contributed by atoms with Crippen LogP contribution in [-0.4, -0.2) is 26.3 Å². The van der Waals surface area contributed by atoms with E-state index in [4.69, 9.17) is 9.47 Å². The highest BCUT2D eigenvalue weighted by molar-refractivity contribution is 5.38. The smallest absolute Gasteiger partial charge is 0.124 e. The number of benzene rings is 1. The highest BCUT2D eigenvalue weighted by atomic mass is 16.5. The summed E-state index contributed by atoms with van der Waals surface area (Å²) in [6, 6.07) is 6.97. The van der Waals surface area contributed by atoms with Gasteiger partial charge in [-0.3, -0.25) is 0 Å². The third kappa shape index (κ3) is 2.63. The molecule has 1 aromatic carbocycles. The zero-order valence-electron chi connectivity index (χ0n) is 11.8. The first kappa shape index (κ1) is 12.9. The number of hydrogen-bond donors (Lipinski definition) is 1. The molecule has 0 bridgehead atoms. The Balaban J connectivity index is 1.80. The van der Waals surface area contributed by atoms with Crippen molar-refractivity contribution < 1.29 is 9.47 Å². The van der Waals surface area contributed by atoms with E-state index in [1.165, 1.54) is 30.4 Å². The van der Waals surface area contributed by atoms with Gasteiger partial charge in [0, 0.05) is 18.2 Å². The van der Waals surface area contributed by atoms with E-state index in [0.29, 0.717) is 12.0 Å². The van der Waals surface area contributed by atoms with Crippen LogP contribution in [-0.2, 0) is 4.74 Å². The third-order valence-corrected chi connectivity index (χ3v) is 4.47. The fourth-order valence-electron chi connectivity index (χ4n) is 3.37. The first-order valence-corrected chi connectivity index (χ1v) is 7.27. The van der Waals surface area contributed by atoms with Gasteiger partial charge >= 0.3 is 0 Å². The molecule has 3 unspecified atom stereocenters. The lowest BCUT2D eigenvalue weighted by Crippen LogP contribution is -2.32. The van der Waals surface area contributed by atoms with Crippen molar-refractivity contribution in [3.63, 3.8) is 0 Å². The third-order valence-electron chi connectivity index (χ3n) is 4.47. The molecule has 19 heavy (non-hydrogen) atoms. The van der Waals surface area contributed by atoms with Gasteiger partial charge in [0.05, 0.1) is 19.8 Å². The van der Waals surface area contributed by atoms with Crippen molar-refractivity contribution in [3.05, 3.63) is 29.3 Å². The summed E-state index contributed by atoms with van der Waals surface area (Å²) in [5.41, 5.74) is 2.43. The molecule has 1 saturated heterocycles. The van der Waals surface area contributed by atoms with Gasteiger partial charge in [-0.15, -0.1) is 0 Å². The summed E-state index contributed by atoms with van der Waals surface area (Å²) in [4.78, 5) is 0. The maximum absolute atomic E-state index is 6.16. The molecular formula is C16H23NO2. The molecule has 1 aromatic rings. The normalized spacial score (nSPS) is 30.7. The zero-order valence-corrected chi connectivity index (χ0v) is 11.8. The Morgan fingerprint density at radius 3 is 3.05 bits per heavy atom. The van der Waals surface area contributed by atoms with Crippen molar-refractivity contribution in [1.29, 1.82) is 0 Å². The molecule has 0 spiro atoms. The lowest BCUT2D eigenvalue weighted by atomic mass is 10.0. The Morgan fingerprint density at radius 2 is 2.21 bits per heavy atom. The Hall–Kier alpha value is -1.06. The first-order chi connectivity index (χ1) is 9.28. The molecule has 3 nitrogen and oxygen atoms in total. The highest BCUT2D eigenvalue weighted by Crippen LogP contribution is 2.34. The minimum absolute atomic E-state index is 0.112. The van der Waals surface area contributed by atoms with Crippen LogP contribution in [0.4, 0.5) is 0 Å². The average Bonchev–Trinajstić information content (AvgIpc) is 2.78. The Labute approximate surface area is 115 Å². The number of methoxy groups -OCH3 is 1. The Kier molecular flexibility index (Phi) is 3.76. The van der Waals surface area contributed by atoms with Gasteiger partial charge in [0.1, 0.15) is 5.75 Å². The molecule has 0 radical (unpaired) electrons. The van der Waals surface area contributed by atoms with Crippen molar-refractivity contribution in [2.45, 2.75) is 38.3 Å². The van der Waals surface area contributed by atoms with E-state index < -0.39 is 0 Å². The van der Waals surface area contributed by atoms with E-state index in [1.54, 1.807) is 7.11 Å². The average molecular weight is 261 g/mol. The zero-order chi connectivity index (χ0) is 13.2. The number of fused-ring (bicyclic) bond motifs is 1. The predicted octanol–water partition coefficient (Wildman–Crippen LogP) is 2.83. The van der Waals surface area contributed by atoms with Gasteiger partial charge in [0.15, 0.2) is 0 Å². The molecule has 0 aromatic heterocycles. The fourth-order valence-corrected chi connectivity index (χ4v) is 3.37. The summed E-state index contributed by atoms with van der Waals surface area (Å²) in [6.07, 6.45) is 4.05. The van der Waals surface area contributed by atoms with E-state index in [2.05, 4.69) is 24.4 Å². The minimum Gasteiger partial charge on any atom is -0.496 e. The topological polar surface area (TPSA) is 30.5 Å². The molecule has 1 saturated carbocycles. The quantitative estimate of drug-likeness (QED) is 0.888. The minimum atomic E-state index is 0.112. The summed E-state index contributed by atoms with van der Waals surface area (Å²) in [5, 5.41) is 3.68. The molecular weight excluding hydrogens is 238 g/mol. The largest absolute Gasteiger partial charge is 0.496 e. The number of hydrogen-bond acceptors (Lipinski definition) is 3. The van der Waals surface area contributed by atoms with Crippen molar-refractivity contribution >= 4 is 0 Å². The molecule has 3 rings (SSSR count). The second kappa shape index (κ2) is 5.51. The second-order valence-corrected chi connectivity index (χ2v) is 5.77. The first-order valence-electron chi connectivity index (χ1n) is 7.27. The number of rotatable bonds is 2. The van der Waals surface area contributed by atoms with Gasteiger partial charge in [0.25, 0.3) is 0 Å². The van der Waals surface area contributed by atoms with Crippen LogP contribution in [0.25, 0.3) is 0 Å². The van der Waals surface area contributed by atoms with Crippen LogP contribution >= 0.6 is 0 Å². The summed E-state index contributed by atoms with van der Waals surface area (Å²) >= 11 is 0. The monoisotopic (exact) mass is 261 g/mol. The maximum Gasteiger partial charge on any atom is 0.124 e. The van der Waals surface area contributed by atoms with Crippen molar-refractivity contribution in [3.8, 4) is 5.75 Å². The van der Waals surface area contributed by atoms with Crippen LogP contribution in [0.3, 0.4) is 0 Å². The standard InChI is InChI=1S/C16H23NO2/c1-11-6-7-15(18-2)13(8-11)16-9-17-14-5-3-4-12(14)10-19-16/h6-8,12,14,16-17H,3-5,9-10H2,1-2H3. The lowest BCUT2D eigenvalue weighted by molar-refractivity contribution is 0.0459. The molecule has 3 heteroatoms. The molecule has 1 aliphatic heterocycles. The molecule has 104 valence electrons. The van der Waals surface area contributed by atoms with E-state index in [9.17, 15) is 0 Å².